The molecule has 2 unspecified atom stereocenters. The van der Waals surface area contributed by atoms with Gasteiger partial charge in [-0.1, -0.05) is 48.5 Å². The van der Waals surface area contributed by atoms with Crippen molar-refractivity contribution in [1.82, 2.24) is 9.80 Å². The van der Waals surface area contributed by atoms with Gasteiger partial charge >= 0.3 is 0 Å². The molecule has 4 atom stereocenters. The van der Waals surface area contributed by atoms with Crippen molar-refractivity contribution in [3.8, 4) is 11.1 Å². The van der Waals surface area contributed by atoms with Gasteiger partial charge in [0.25, 0.3) is 5.91 Å². The van der Waals surface area contributed by atoms with E-state index in [1.165, 1.54) is 12.8 Å². The van der Waals surface area contributed by atoms with Crippen LogP contribution in [0.3, 0.4) is 0 Å². The van der Waals surface area contributed by atoms with E-state index in [2.05, 4.69) is 37.2 Å². The van der Waals surface area contributed by atoms with Gasteiger partial charge in [-0.3, -0.25) is 4.79 Å². The highest BCUT2D eigenvalue weighted by atomic mass is 16.2. The molecule has 3 heteroatoms. The summed E-state index contributed by atoms with van der Waals surface area (Å²) in [6.45, 7) is 0. The van der Waals surface area contributed by atoms with E-state index in [4.69, 9.17) is 0 Å². The fraction of sp³-hybridized carbons (Fsp3) is 0.458. The number of rotatable bonds is 4. The van der Waals surface area contributed by atoms with Crippen LogP contribution in [0.5, 0.6) is 0 Å². The van der Waals surface area contributed by atoms with Gasteiger partial charge in [0.2, 0.25) is 0 Å². The van der Waals surface area contributed by atoms with Gasteiger partial charge in [0, 0.05) is 24.7 Å². The lowest BCUT2D eigenvalue weighted by Crippen LogP contribution is -2.36. The smallest absolute Gasteiger partial charge is 0.254 e. The fourth-order valence-electron chi connectivity index (χ4n) is 5.19. The molecule has 27 heavy (non-hydrogen) atoms. The highest BCUT2D eigenvalue weighted by Crippen LogP contribution is 2.46. The van der Waals surface area contributed by atoms with Gasteiger partial charge in [-0.15, -0.1) is 0 Å². The Hall–Kier alpha value is -2.13. The quantitative estimate of drug-likeness (QED) is 0.797. The van der Waals surface area contributed by atoms with Gasteiger partial charge in [-0.2, -0.15) is 0 Å². The lowest BCUT2D eigenvalue weighted by atomic mass is 9.98. The van der Waals surface area contributed by atoms with E-state index in [0.29, 0.717) is 6.04 Å². The van der Waals surface area contributed by atoms with Crippen LogP contribution in [0, 0.1) is 11.8 Å². The third kappa shape index (κ3) is 3.53. The van der Waals surface area contributed by atoms with Gasteiger partial charge in [0.05, 0.1) is 0 Å². The summed E-state index contributed by atoms with van der Waals surface area (Å²) < 4.78 is 0. The number of amides is 1. The predicted molar refractivity (Wildman–Crippen MR) is 111 cm³/mol. The third-order valence-electron chi connectivity index (χ3n) is 6.81. The Bertz CT molecular complexity index is 787. The SMILES string of the molecule is CN(C)C1C[C@@H]2CC(N(C)C(=O)c3ccccc3-c3ccccc3)C[C@@H]2C1. The zero-order valence-electron chi connectivity index (χ0n) is 16.6. The molecule has 0 radical (unpaired) electrons. The van der Waals surface area contributed by atoms with Crippen LogP contribution in [0.4, 0.5) is 0 Å². The molecule has 0 aliphatic heterocycles. The van der Waals surface area contributed by atoms with Crippen molar-refractivity contribution < 1.29 is 4.79 Å². The van der Waals surface area contributed by atoms with Crippen molar-refractivity contribution in [3.05, 3.63) is 60.2 Å². The summed E-state index contributed by atoms with van der Waals surface area (Å²) >= 11 is 0. The van der Waals surface area contributed by atoms with E-state index in [9.17, 15) is 4.79 Å². The second kappa shape index (κ2) is 7.47. The maximum Gasteiger partial charge on any atom is 0.254 e. The zero-order chi connectivity index (χ0) is 19.0. The number of nitrogens with zero attached hydrogens (tertiary/aromatic N) is 2. The van der Waals surface area contributed by atoms with Crippen LogP contribution in [0.1, 0.15) is 36.0 Å². The Labute approximate surface area is 163 Å². The molecule has 0 heterocycles. The highest BCUT2D eigenvalue weighted by Gasteiger charge is 2.44. The molecule has 0 aromatic heterocycles. The molecule has 0 spiro atoms. The molecule has 2 aromatic carbocycles. The Kier molecular flexibility index (Phi) is 5.05. The molecule has 0 bridgehead atoms. The van der Waals surface area contributed by atoms with Crippen LogP contribution in [0.25, 0.3) is 11.1 Å². The van der Waals surface area contributed by atoms with Crippen LogP contribution < -0.4 is 0 Å². The summed E-state index contributed by atoms with van der Waals surface area (Å²) in [4.78, 5) is 17.7. The lowest BCUT2D eigenvalue weighted by molar-refractivity contribution is 0.0727. The van der Waals surface area contributed by atoms with E-state index in [-0.39, 0.29) is 5.91 Å². The van der Waals surface area contributed by atoms with Crippen LogP contribution in [0.2, 0.25) is 0 Å². The minimum atomic E-state index is 0.156. The Morgan fingerprint density at radius 3 is 1.96 bits per heavy atom. The molecule has 142 valence electrons. The van der Waals surface area contributed by atoms with Gasteiger partial charge in [0.1, 0.15) is 0 Å². The second-order valence-electron chi connectivity index (χ2n) is 8.56. The lowest BCUT2D eigenvalue weighted by Gasteiger charge is -2.28. The predicted octanol–water partition coefficient (Wildman–Crippen LogP) is 4.54. The normalized spacial score (nSPS) is 27.0. The van der Waals surface area contributed by atoms with Crippen LogP contribution >= 0.6 is 0 Å². The first kappa shape index (κ1) is 18.2. The second-order valence-corrected chi connectivity index (χ2v) is 8.56. The Morgan fingerprint density at radius 1 is 0.778 bits per heavy atom. The Morgan fingerprint density at radius 2 is 1.33 bits per heavy atom. The van der Waals surface area contributed by atoms with E-state index in [1.54, 1.807) is 0 Å². The maximum absolute atomic E-state index is 13.3. The summed E-state index contributed by atoms with van der Waals surface area (Å²) in [5.74, 6) is 1.72. The molecule has 0 saturated heterocycles. The minimum absolute atomic E-state index is 0.156. The molecule has 2 aromatic rings. The summed E-state index contributed by atoms with van der Waals surface area (Å²) in [7, 11) is 6.39. The molecule has 3 nitrogen and oxygen atoms in total. The first-order valence-electron chi connectivity index (χ1n) is 10.1. The topological polar surface area (TPSA) is 23.6 Å². The first-order chi connectivity index (χ1) is 13.0. The molecule has 2 fully saturated rings. The molecule has 0 N–H and O–H groups in total. The maximum atomic E-state index is 13.3. The summed E-state index contributed by atoms with van der Waals surface area (Å²) in [5.41, 5.74) is 2.95. The molecular formula is C24H30N2O. The number of carbonyl (C=O) groups is 1. The number of fused-ring (bicyclic) bond motifs is 1. The van der Waals surface area contributed by atoms with Gasteiger partial charge in [-0.05, 0) is 68.8 Å². The van der Waals surface area contributed by atoms with E-state index in [0.717, 1.165) is 47.4 Å². The molecule has 2 aliphatic carbocycles. The van der Waals surface area contributed by atoms with Crippen molar-refractivity contribution in [3.63, 3.8) is 0 Å². The number of hydrogen-bond acceptors (Lipinski definition) is 2. The van der Waals surface area contributed by atoms with Crippen molar-refractivity contribution in [2.24, 2.45) is 11.8 Å². The third-order valence-corrected chi connectivity index (χ3v) is 6.81. The zero-order valence-corrected chi connectivity index (χ0v) is 16.6. The molecule has 2 aliphatic rings. The van der Waals surface area contributed by atoms with Crippen molar-refractivity contribution in [2.45, 2.75) is 37.8 Å². The van der Waals surface area contributed by atoms with Crippen LogP contribution in [-0.4, -0.2) is 48.9 Å². The number of hydrogen-bond donors (Lipinski definition) is 0. The Balaban J connectivity index is 1.50. The van der Waals surface area contributed by atoms with Crippen LogP contribution in [0.15, 0.2) is 54.6 Å². The summed E-state index contributed by atoms with van der Waals surface area (Å²) in [6, 6.07) is 19.3. The average molecular weight is 363 g/mol. The minimum Gasteiger partial charge on any atom is -0.339 e. The van der Waals surface area contributed by atoms with Crippen molar-refractivity contribution in [1.29, 1.82) is 0 Å². The largest absolute Gasteiger partial charge is 0.339 e. The monoisotopic (exact) mass is 362 g/mol. The van der Waals surface area contributed by atoms with E-state index in [1.807, 2.05) is 48.3 Å². The molecular weight excluding hydrogens is 332 g/mol. The van der Waals surface area contributed by atoms with E-state index < -0.39 is 0 Å². The van der Waals surface area contributed by atoms with Gasteiger partial charge < -0.3 is 9.80 Å². The molecule has 1 amide bonds. The van der Waals surface area contributed by atoms with Gasteiger partial charge in [-0.25, -0.2) is 0 Å². The van der Waals surface area contributed by atoms with Crippen molar-refractivity contribution >= 4 is 5.91 Å². The highest BCUT2D eigenvalue weighted by molar-refractivity contribution is 6.00. The summed E-state index contributed by atoms with van der Waals surface area (Å²) in [6.07, 6.45) is 4.89. The molecule has 4 rings (SSSR count). The molecule has 2 saturated carbocycles. The van der Waals surface area contributed by atoms with Crippen LogP contribution in [-0.2, 0) is 0 Å². The van der Waals surface area contributed by atoms with Crippen molar-refractivity contribution in [2.75, 3.05) is 21.1 Å². The summed E-state index contributed by atoms with van der Waals surface area (Å²) in [5, 5.41) is 0. The standard InChI is InChI=1S/C24H30N2O/c1-25(2)20-13-18-15-21(16-19(18)14-20)26(3)24(27)23-12-8-7-11-22(23)17-9-5-4-6-10-17/h4-12,18-21H,13-16H2,1-3H3/t18-,19+,20?,21?. The fourth-order valence-corrected chi connectivity index (χ4v) is 5.19. The first-order valence-corrected chi connectivity index (χ1v) is 10.1. The van der Waals surface area contributed by atoms with E-state index >= 15 is 0 Å². The number of benzene rings is 2. The van der Waals surface area contributed by atoms with Gasteiger partial charge in [0.15, 0.2) is 0 Å². The number of carbonyl (C=O) groups excluding carboxylic acids is 1. The average Bonchev–Trinajstić information content (AvgIpc) is 3.27.